The van der Waals surface area contributed by atoms with Gasteiger partial charge in [0.15, 0.2) is 0 Å². The third kappa shape index (κ3) is 3.55. The molecule has 1 unspecified atom stereocenters. The van der Waals surface area contributed by atoms with Crippen LogP contribution in [0.25, 0.3) is 0 Å². The van der Waals surface area contributed by atoms with Crippen LogP contribution in [0.3, 0.4) is 0 Å². The van der Waals surface area contributed by atoms with Crippen LogP contribution < -0.4 is 4.72 Å². The second-order valence-corrected chi connectivity index (χ2v) is 4.93. The summed E-state index contributed by atoms with van der Waals surface area (Å²) < 4.78 is 23.4. The van der Waals surface area contributed by atoms with Gasteiger partial charge >= 0.3 is 0 Å². The van der Waals surface area contributed by atoms with E-state index in [4.69, 9.17) is 0 Å². The molecule has 1 aliphatic heterocycles. The van der Waals surface area contributed by atoms with Crippen LogP contribution >= 0.6 is 0 Å². The van der Waals surface area contributed by atoms with Gasteiger partial charge in [0.25, 0.3) is 0 Å². The quantitative estimate of drug-likeness (QED) is 0.673. The average molecular weight is 220 g/mol. The van der Waals surface area contributed by atoms with Crippen molar-refractivity contribution in [3.05, 3.63) is 0 Å². The van der Waals surface area contributed by atoms with E-state index in [1.807, 2.05) is 0 Å². The van der Waals surface area contributed by atoms with Gasteiger partial charge in [-0.2, -0.15) is 0 Å². The zero-order chi connectivity index (χ0) is 10.6. The summed E-state index contributed by atoms with van der Waals surface area (Å²) in [5, 5.41) is 0. The highest BCUT2D eigenvalue weighted by molar-refractivity contribution is 7.70. The molecule has 1 heterocycles. The Bertz CT molecular complexity index is 233. The summed E-state index contributed by atoms with van der Waals surface area (Å²) in [5.41, 5.74) is 0. The van der Waals surface area contributed by atoms with E-state index in [-0.39, 0.29) is 0 Å². The highest BCUT2D eigenvalue weighted by atomic mass is 32.2. The van der Waals surface area contributed by atoms with E-state index in [0.29, 0.717) is 18.6 Å². The third-order valence-corrected chi connectivity index (χ3v) is 3.23. The number of hydrogen-bond acceptors (Lipinski definition) is 3. The fourth-order valence-corrected chi connectivity index (χ4v) is 2.46. The van der Waals surface area contributed by atoms with Crippen molar-refractivity contribution < 1.29 is 8.42 Å². The van der Waals surface area contributed by atoms with Gasteiger partial charge in [0.1, 0.15) is 0 Å². The molecule has 1 N–H and O–H groups in total. The predicted molar refractivity (Wildman–Crippen MR) is 57.8 cm³/mol. The summed E-state index contributed by atoms with van der Waals surface area (Å²) >= 11 is 0. The second-order valence-electron chi connectivity index (χ2n) is 4.10. The summed E-state index contributed by atoms with van der Waals surface area (Å²) in [7, 11) is -2.44. The lowest BCUT2D eigenvalue weighted by Gasteiger charge is -2.38. The van der Waals surface area contributed by atoms with Crippen molar-refractivity contribution in [3.8, 4) is 0 Å². The minimum absolute atomic E-state index is 0.386. The lowest BCUT2D eigenvalue weighted by molar-refractivity contribution is 0.114. The molecule has 4 nitrogen and oxygen atoms in total. The Kier molecular flexibility index (Phi) is 4.84. The fraction of sp³-hybridized carbons (Fsp3) is 1.00. The van der Waals surface area contributed by atoms with Crippen LogP contribution in [0, 0.1) is 0 Å². The largest absolute Gasteiger partial charge is 0.297 e. The minimum atomic E-state index is -2.44. The second kappa shape index (κ2) is 5.68. The van der Waals surface area contributed by atoms with E-state index < -0.39 is 10.9 Å². The van der Waals surface area contributed by atoms with Crippen LogP contribution in [-0.4, -0.2) is 38.5 Å². The number of likely N-dealkylation sites (tertiary alicyclic amines) is 1. The Balaban J connectivity index is 2.45. The molecule has 1 saturated heterocycles. The zero-order valence-corrected chi connectivity index (χ0v) is 9.80. The first-order valence-corrected chi connectivity index (χ1v) is 6.42. The lowest BCUT2D eigenvalue weighted by Crippen LogP contribution is -2.48. The van der Waals surface area contributed by atoms with E-state index in [0.717, 1.165) is 13.0 Å². The van der Waals surface area contributed by atoms with Gasteiger partial charge in [0.2, 0.25) is 10.9 Å². The van der Waals surface area contributed by atoms with Gasteiger partial charge in [-0.1, -0.05) is 6.42 Å². The fourth-order valence-electron chi connectivity index (χ4n) is 2.10. The van der Waals surface area contributed by atoms with Crippen LogP contribution in [0.4, 0.5) is 0 Å². The van der Waals surface area contributed by atoms with Crippen molar-refractivity contribution in [2.75, 3.05) is 13.1 Å². The predicted octanol–water partition coefficient (Wildman–Crippen LogP) is 0.365. The van der Waals surface area contributed by atoms with Gasteiger partial charge in [-0.25, -0.2) is 13.1 Å². The maximum Gasteiger partial charge on any atom is 0.201 e. The topological polar surface area (TPSA) is 49.4 Å². The molecule has 0 amide bonds. The normalized spacial score (nSPS) is 24.7. The van der Waals surface area contributed by atoms with Crippen LogP contribution in [-0.2, 0) is 10.9 Å². The number of thiol groups is 1. The molecule has 1 atom stereocenters. The van der Waals surface area contributed by atoms with Crippen molar-refractivity contribution >= 4 is 10.9 Å². The van der Waals surface area contributed by atoms with Crippen molar-refractivity contribution in [3.63, 3.8) is 0 Å². The molecule has 0 aromatic heterocycles. The molecular formula is C9H20N2O2S. The third-order valence-electron chi connectivity index (χ3n) is 2.79. The number of nitrogens with one attached hydrogen (secondary N) is 1. The smallest absolute Gasteiger partial charge is 0.201 e. The summed E-state index contributed by atoms with van der Waals surface area (Å²) in [6.45, 7) is 5.99. The molecule has 0 bridgehead atoms. The molecule has 1 rings (SSSR count). The summed E-state index contributed by atoms with van der Waals surface area (Å²) in [6.07, 6.45) is 3.55. The molecule has 84 valence electrons. The van der Waals surface area contributed by atoms with E-state index in [9.17, 15) is 8.42 Å². The summed E-state index contributed by atoms with van der Waals surface area (Å²) in [4.78, 5) is 2.38. The Morgan fingerprint density at radius 2 is 2.14 bits per heavy atom. The van der Waals surface area contributed by atoms with Crippen LogP contribution in [0.5, 0.6) is 0 Å². The van der Waals surface area contributed by atoms with Crippen LogP contribution in [0.2, 0.25) is 0 Å². The standard InChI is InChI=1S/C9H20N2O2S/c1-8(2)11-6-4-3-5-9(11)7-10-14(12)13/h8-9,14H,3-7H2,1-2H3,(H,10,12,13). The number of piperidine rings is 1. The molecule has 14 heavy (non-hydrogen) atoms. The van der Waals surface area contributed by atoms with E-state index in [2.05, 4.69) is 23.5 Å². The van der Waals surface area contributed by atoms with E-state index in [1.54, 1.807) is 0 Å². The Morgan fingerprint density at radius 3 is 2.71 bits per heavy atom. The first kappa shape index (κ1) is 11.9. The highest BCUT2D eigenvalue weighted by Crippen LogP contribution is 2.18. The van der Waals surface area contributed by atoms with E-state index >= 15 is 0 Å². The maximum atomic E-state index is 10.4. The Labute approximate surface area is 87.8 Å². The van der Waals surface area contributed by atoms with Crippen LogP contribution in [0.15, 0.2) is 0 Å². The first-order chi connectivity index (χ1) is 6.61. The molecule has 0 spiro atoms. The lowest BCUT2D eigenvalue weighted by atomic mass is 10.0. The van der Waals surface area contributed by atoms with Crippen molar-refractivity contribution in [2.24, 2.45) is 0 Å². The number of nitrogens with zero attached hydrogens (tertiary/aromatic N) is 1. The SMILES string of the molecule is CC(C)N1CCCCC1CN[SH](=O)=O. The highest BCUT2D eigenvalue weighted by Gasteiger charge is 2.23. The first-order valence-electron chi connectivity index (χ1n) is 5.25. The molecule has 5 heteroatoms. The number of hydrogen-bond donors (Lipinski definition) is 2. The van der Waals surface area contributed by atoms with Gasteiger partial charge < -0.3 is 0 Å². The molecule has 0 aromatic carbocycles. The van der Waals surface area contributed by atoms with Gasteiger partial charge in [-0.15, -0.1) is 0 Å². The summed E-state index contributed by atoms with van der Waals surface area (Å²) in [6, 6.07) is 0.892. The van der Waals surface area contributed by atoms with Crippen molar-refractivity contribution in [2.45, 2.75) is 45.2 Å². The van der Waals surface area contributed by atoms with Crippen molar-refractivity contribution in [1.29, 1.82) is 0 Å². The minimum Gasteiger partial charge on any atom is -0.297 e. The number of rotatable bonds is 4. The van der Waals surface area contributed by atoms with Crippen LogP contribution in [0.1, 0.15) is 33.1 Å². The van der Waals surface area contributed by atoms with E-state index in [1.165, 1.54) is 12.8 Å². The Hall–Kier alpha value is -0.130. The molecule has 1 fully saturated rings. The summed E-state index contributed by atoms with van der Waals surface area (Å²) in [5.74, 6) is 0. The van der Waals surface area contributed by atoms with Gasteiger partial charge in [0.05, 0.1) is 0 Å². The average Bonchev–Trinajstić information content (AvgIpc) is 2.15. The maximum absolute atomic E-state index is 10.4. The monoisotopic (exact) mass is 220 g/mol. The van der Waals surface area contributed by atoms with Gasteiger partial charge in [0, 0.05) is 18.6 Å². The molecule has 0 aliphatic carbocycles. The molecule has 0 aromatic rings. The van der Waals surface area contributed by atoms with Gasteiger partial charge in [-0.3, -0.25) is 4.90 Å². The molecule has 1 aliphatic rings. The Morgan fingerprint density at radius 1 is 1.43 bits per heavy atom. The van der Waals surface area contributed by atoms with Crippen molar-refractivity contribution in [1.82, 2.24) is 9.62 Å². The molecular weight excluding hydrogens is 200 g/mol. The molecule has 0 saturated carbocycles. The zero-order valence-electron chi connectivity index (χ0n) is 8.90. The van der Waals surface area contributed by atoms with Gasteiger partial charge in [-0.05, 0) is 33.2 Å². The molecule has 0 radical (unpaired) electrons.